The number of likely N-dealkylation sites (N-methyl/N-ethyl adjacent to an activating group) is 1. The summed E-state index contributed by atoms with van der Waals surface area (Å²) in [6.45, 7) is 6.92. The third-order valence-corrected chi connectivity index (χ3v) is 7.18. The van der Waals surface area contributed by atoms with E-state index in [-0.39, 0.29) is 18.8 Å². The van der Waals surface area contributed by atoms with E-state index in [1.807, 2.05) is 24.1 Å². The van der Waals surface area contributed by atoms with Crippen molar-refractivity contribution in [2.24, 2.45) is 5.92 Å². The zero-order chi connectivity index (χ0) is 27.5. The number of benzene rings is 1. The Bertz CT molecular complexity index is 1010. The Hall–Kier alpha value is -3.27. The zero-order valence-corrected chi connectivity index (χ0v) is 22.9. The number of carbonyl (C=O) groups is 2. The van der Waals surface area contributed by atoms with Crippen LogP contribution in [-0.4, -0.2) is 78.9 Å². The highest BCUT2D eigenvalue weighted by atomic mass is 16.7. The monoisotopic (exact) mass is 531 g/mol. The number of carboxylic acid groups (broad SMARTS) is 1. The molecule has 10 heteroatoms. The van der Waals surface area contributed by atoms with Gasteiger partial charge >= 0.3 is 5.97 Å². The normalized spacial score (nSPS) is 20.1. The first-order valence-electron chi connectivity index (χ1n) is 13.4. The van der Waals surface area contributed by atoms with Crippen LogP contribution in [0.2, 0.25) is 0 Å². The lowest BCUT2D eigenvalue weighted by Gasteiger charge is -2.23. The average molecular weight is 532 g/mol. The second-order valence-corrected chi connectivity index (χ2v) is 9.75. The maximum atomic E-state index is 12.1. The lowest BCUT2D eigenvalue weighted by molar-refractivity contribution is -0.143. The minimum Gasteiger partial charge on any atom is -0.493 e. The second kappa shape index (κ2) is 14.6. The lowest BCUT2D eigenvalue weighted by atomic mass is 9.83. The molecule has 0 saturated carbocycles. The van der Waals surface area contributed by atoms with Crippen molar-refractivity contribution in [3.8, 4) is 17.2 Å². The van der Waals surface area contributed by atoms with Gasteiger partial charge in [0.05, 0.1) is 19.2 Å². The molecule has 3 heterocycles. The molecule has 1 fully saturated rings. The molecule has 1 aromatic heterocycles. The molecule has 0 radical (unpaired) electrons. The number of ether oxygens (including phenoxy) is 3. The molecule has 0 bridgehead atoms. The summed E-state index contributed by atoms with van der Waals surface area (Å²) >= 11 is 0. The van der Waals surface area contributed by atoms with Crippen LogP contribution in [0.25, 0.3) is 0 Å². The van der Waals surface area contributed by atoms with Crippen molar-refractivity contribution in [2.75, 3.05) is 40.6 Å². The van der Waals surface area contributed by atoms with Crippen molar-refractivity contribution in [3.63, 3.8) is 0 Å². The molecule has 3 atom stereocenters. The molecule has 1 saturated heterocycles. The minimum absolute atomic E-state index is 0.115. The molecule has 1 N–H and O–H groups in total. The fraction of sp³-hybridized carbons (Fsp3) is 0.607. The standard InChI is InChI=1S/C19H22N2O6.C9H19NO/c1-21-9-12(11-7-14(24-2)18-15(8-11)26-10-27-18)17(19(22)23)13(21)3-4-16-20-5-6-25-16;1-3-5-7-10(9-11)8-6-4-2/h5-8,12-13,17H,3-4,9-10H2,1-2H3,(H,22,23);9H,3-8H2,1-2H3. The number of aliphatic carboxylic acids is 1. The number of rotatable bonds is 13. The zero-order valence-electron chi connectivity index (χ0n) is 22.9. The fourth-order valence-corrected chi connectivity index (χ4v) is 5.10. The minimum atomic E-state index is -0.807. The summed E-state index contributed by atoms with van der Waals surface area (Å²) in [5.74, 6) is 0.828. The lowest BCUT2D eigenvalue weighted by Crippen LogP contribution is -2.34. The number of methoxy groups -OCH3 is 1. The number of carbonyl (C=O) groups excluding carboxylic acids is 1. The van der Waals surface area contributed by atoms with E-state index in [0.29, 0.717) is 42.5 Å². The van der Waals surface area contributed by atoms with E-state index in [1.54, 1.807) is 13.3 Å². The van der Waals surface area contributed by atoms with Crippen molar-refractivity contribution < 1.29 is 33.3 Å². The van der Waals surface area contributed by atoms with Crippen molar-refractivity contribution in [3.05, 3.63) is 36.0 Å². The summed E-state index contributed by atoms with van der Waals surface area (Å²) in [6.07, 6.45) is 9.94. The quantitative estimate of drug-likeness (QED) is 0.380. The Kier molecular flexibility index (Phi) is 11.3. The third-order valence-electron chi connectivity index (χ3n) is 7.18. The van der Waals surface area contributed by atoms with Crippen molar-refractivity contribution in [1.29, 1.82) is 0 Å². The van der Waals surface area contributed by atoms with Crippen molar-refractivity contribution in [1.82, 2.24) is 14.8 Å². The van der Waals surface area contributed by atoms with Gasteiger partial charge in [-0.15, -0.1) is 0 Å². The van der Waals surface area contributed by atoms with Crippen LogP contribution in [0.4, 0.5) is 0 Å². The van der Waals surface area contributed by atoms with Gasteiger partial charge in [-0.25, -0.2) is 4.98 Å². The molecular formula is C28H41N3O7. The molecule has 1 aromatic carbocycles. The molecule has 38 heavy (non-hydrogen) atoms. The predicted molar refractivity (Wildman–Crippen MR) is 142 cm³/mol. The first kappa shape index (κ1) is 29.3. The molecule has 0 aliphatic carbocycles. The first-order chi connectivity index (χ1) is 18.4. The number of carboxylic acids is 1. The number of aryl methyl sites for hydroxylation is 1. The molecule has 2 aromatic rings. The van der Waals surface area contributed by atoms with Gasteiger partial charge in [-0.2, -0.15) is 0 Å². The predicted octanol–water partition coefficient (Wildman–Crippen LogP) is 4.19. The van der Waals surface area contributed by atoms with Gasteiger partial charge in [0.1, 0.15) is 6.26 Å². The maximum Gasteiger partial charge on any atom is 0.308 e. The summed E-state index contributed by atoms with van der Waals surface area (Å²) in [4.78, 5) is 30.7. The van der Waals surface area contributed by atoms with Gasteiger partial charge in [0, 0.05) is 38.0 Å². The van der Waals surface area contributed by atoms with Crippen LogP contribution in [0.3, 0.4) is 0 Å². The van der Waals surface area contributed by atoms with Crippen LogP contribution in [-0.2, 0) is 16.0 Å². The molecule has 2 aliphatic rings. The van der Waals surface area contributed by atoms with E-state index in [2.05, 4.69) is 23.7 Å². The maximum absolute atomic E-state index is 12.1. The number of oxazole rings is 1. The van der Waals surface area contributed by atoms with Crippen molar-refractivity contribution in [2.45, 2.75) is 64.3 Å². The summed E-state index contributed by atoms with van der Waals surface area (Å²) in [7, 11) is 3.52. The largest absolute Gasteiger partial charge is 0.493 e. The van der Waals surface area contributed by atoms with E-state index in [0.717, 1.165) is 50.7 Å². The number of unbranched alkanes of at least 4 members (excludes halogenated alkanes) is 2. The summed E-state index contributed by atoms with van der Waals surface area (Å²) in [5, 5.41) is 9.96. The van der Waals surface area contributed by atoms with Gasteiger partial charge in [-0.3, -0.25) is 9.59 Å². The number of hydrogen-bond acceptors (Lipinski definition) is 8. The van der Waals surface area contributed by atoms with Crippen LogP contribution in [0.1, 0.15) is 63.3 Å². The van der Waals surface area contributed by atoms with Crippen LogP contribution in [0.5, 0.6) is 17.2 Å². The highest BCUT2D eigenvalue weighted by Gasteiger charge is 2.45. The molecule has 1 amide bonds. The van der Waals surface area contributed by atoms with Crippen LogP contribution >= 0.6 is 0 Å². The highest BCUT2D eigenvalue weighted by Crippen LogP contribution is 2.47. The first-order valence-corrected chi connectivity index (χ1v) is 13.4. The molecule has 3 unspecified atom stereocenters. The van der Waals surface area contributed by atoms with Gasteiger partial charge < -0.3 is 33.5 Å². The number of fused-ring (bicyclic) bond motifs is 1. The van der Waals surface area contributed by atoms with Gasteiger partial charge in [-0.1, -0.05) is 26.7 Å². The molecular weight excluding hydrogens is 490 g/mol. The molecule has 0 spiro atoms. The Labute approximate surface area is 224 Å². The van der Waals surface area contributed by atoms with E-state index >= 15 is 0 Å². The van der Waals surface area contributed by atoms with Gasteiger partial charge in [0.2, 0.25) is 19.0 Å². The Morgan fingerprint density at radius 3 is 2.55 bits per heavy atom. The summed E-state index contributed by atoms with van der Waals surface area (Å²) < 4.78 is 21.7. The van der Waals surface area contributed by atoms with E-state index in [1.165, 1.54) is 6.26 Å². The smallest absolute Gasteiger partial charge is 0.308 e. The summed E-state index contributed by atoms with van der Waals surface area (Å²) in [5.41, 5.74) is 0.883. The van der Waals surface area contributed by atoms with E-state index < -0.39 is 11.9 Å². The number of nitrogens with zero attached hydrogens (tertiary/aromatic N) is 3. The van der Waals surface area contributed by atoms with Gasteiger partial charge in [-0.05, 0) is 44.0 Å². The van der Waals surface area contributed by atoms with Gasteiger partial charge in [0.25, 0.3) is 0 Å². The Balaban J connectivity index is 0.000000310. The average Bonchev–Trinajstić information content (AvgIpc) is 3.67. The second-order valence-electron chi connectivity index (χ2n) is 9.75. The Morgan fingerprint density at radius 2 is 1.97 bits per heavy atom. The third kappa shape index (κ3) is 7.40. The number of amides is 1. The van der Waals surface area contributed by atoms with Gasteiger partial charge in [0.15, 0.2) is 17.4 Å². The van der Waals surface area contributed by atoms with Crippen LogP contribution < -0.4 is 14.2 Å². The molecule has 4 rings (SSSR count). The SMILES string of the molecule is CCCCN(C=O)CCCC.COc1cc(C2CN(C)C(CCc3ncco3)C2C(=O)O)cc2c1OCO2. The van der Waals surface area contributed by atoms with Crippen LogP contribution in [0.15, 0.2) is 29.0 Å². The summed E-state index contributed by atoms with van der Waals surface area (Å²) in [6, 6.07) is 3.62. The van der Waals surface area contributed by atoms with E-state index in [4.69, 9.17) is 18.6 Å². The number of likely N-dealkylation sites (tertiary alicyclic amines) is 1. The van der Waals surface area contributed by atoms with E-state index in [9.17, 15) is 14.7 Å². The fourth-order valence-electron chi connectivity index (χ4n) is 5.10. The molecule has 10 nitrogen and oxygen atoms in total. The Morgan fingerprint density at radius 1 is 1.24 bits per heavy atom. The number of aromatic nitrogens is 1. The van der Waals surface area contributed by atoms with Crippen LogP contribution in [0, 0.1) is 5.92 Å². The molecule has 2 aliphatic heterocycles. The topological polar surface area (TPSA) is 115 Å². The van der Waals surface area contributed by atoms with Crippen molar-refractivity contribution >= 4 is 12.4 Å². The number of hydrogen-bond donors (Lipinski definition) is 1. The highest BCUT2D eigenvalue weighted by molar-refractivity contribution is 5.73. The molecule has 210 valence electrons.